The summed E-state index contributed by atoms with van der Waals surface area (Å²) in [4.78, 5) is 38.8. The van der Waals surface area contributed by atoms with Gasteiger partial charge in [0.25, 0.3) is 11.8 Å². The summed E-state index contributed by atoms with van der Waals surface area (Å²) in [7, 11) is 1.65. The Morgan fingerprint density at radius 1 is 0.905 bits per heavy atom. The van der Waals surface area contributed by atoms with Crippen molar-refractivity contribution >= 4 is 45.8 Å². The van der Waals surface area contributed by atoms with Gasteiger partial charge in [0.05, 0.1) is 18.5 Å². The zero-order chi connectivity index (χ0) is 28.8. The molecule has 1 fully saturated rings. The highest BCUT2D eigenvalue weighted by Gasteiger charge is 2.34. The van der Waals surface area contributed by atoms with Crippen LogP contribution in [0.1, 0.15) is 39.6 Å². The molecule has 4 aromatic carbocycles. The molecule has 1 aromatic heterocycles. The molecule has 0 spiro atoms. The van der Waals surface area contributed by atoms with Gasteiger partial charge in [-0.05, 0) is 71.8 Å². The number of allylic oxidation sites excluding steroid dienone is 1. The molecular weight excluding hydrogens is 530 g/mol. The van der Waals surface area contributed by atoms with Gasteiger partial charge < -0.3 is 14.1 Å². The predicted octanol–water partition coefficient (Wildman–Crippen LogP) is 6.17. The molecule has 3 amide bonds. The first-order valence-corrected chi connectivity index (χ1v) is 13.5. The highest BCUT2D eigenvalue weighted by Crippen LogP contribution is 2.47. The molecule has 206 valence electrons. The molecule has 1 saturated heterocycles. The Morgan fingerprint density at radius 3 is 2.36 bits per heavy atom. The first-order chi connectivity index (χ1) is 20.5. The van der Waals surface area contributed by atoms with Gasteiger partial charge in [-0.2, -0.15) is 5.01 Å². The Morgan fingerprint density at radius 2 is 1.64 bits per heavy atom. The highest BCUT2D eigenvalue weighted by molar-refractivity contribution is 6.14. The third-order valence-corrected chi connectivity index (χ3v) is 7.60. The number of hydrogen-bond donors (Lipinski definition) is 1. The number of benzene rings is 4. The van der Waals surface area contributed by atoms with Gasteiger partial charge in [0.2, 0.25) is 5.91 Å². The summed E-state index contributed by atoms with van der Waals surface area (Å²) in [6, 6.07) is 33.2. The van der Waals surface area contributed by atoms with Crippen molar-refractivity contribution in [2.45, 2.75) is 12.3 Å². The lowest BCUT2D eigenvalue weighted by molar-refractivity contribution is -0.126. The van der Waals surface area contributed by atoms with Crippen LogP contribution >= 0.6 is 0 Å². The normalized spacial score (nSPS) is 16.3. The van der Waals surface area contributed by atoms with Crippen LogP contribution in [0.2, 0.25) is 0 Å². The number of anilines is 2. The van der Waals surface area contributed by atoms with Crippen LogP contribution in [-0.2, 0) is 9.59 Å². The molecule has 0 bridgehead atoms. The minimum Gasteiger partial charge on any atom is -0.497 e. The van der Waals surface area contributed by atoms with E-state index in [-0.39, 0.29) is 17.9 Å². The number of carbonyl (C=O) groups excluding carboxylic acids is 3. The molecular formula is C34H25N3O5. The molecule has 7 rings (SSSR count). The lowest BCUT2D eigenvalue weighted by atomic mass is 9.85. The van der Waals surface area contributed by atoms with Crippen molar-refractivity contribution < 1.29 is 23.5 Å². The van der Waals surface area contributed by atoms with Gasteiger partial charge >= 0.3 is 0 Å². The van der Waals surface area contributed by atoms with E-state index in [4.69, 9.17) is 9.15 Å². The number of furan rings is 1. The summed E-state index contributed by atoms with van der Waals surface area (Å²) in [5.74, 6) is -0.215. The van der Waals surface area contributed by atoms with E-state index in [2.05, 4.69) is 40.7 Å². The number of fused-ring (bicyclic) bond motifs is 2. The summed E-state index contributed by atoms with van der Waals surface area (Å²) in [5.41, 5.74) is 8.22. The Kier molecular flexibility index (Phi) is 6.09. The van der Waals surface area contributed by atoms with E-state index < -0.39 is 17.7 Å². The van der Waals surface area contributed by atoms with E-state index in [9.17, 15) is 14.4 Å². The molecule has 2 aliphatic heterocycles. The summed E-state index contributed by atoms with van der Waals surface area (Å²) >= 11 is 0. The second kappa shape index (κ2) is 10.1. The van der Waals surface area contributed by atoms with Crippen LogP contribution in [0.5, 0.6) is 5.75 Å². The number of hydrazine groups is 1. The summed E-state index contributed by atoms with van der Waals surface area (Å²) in [5, 5.41) is 1.76. The minimum absolute atomic E-state index is 0.0581. The fraction of sp³-hybridized carbons (Fsp3) is 0.0882. The van der Waals surface area contributed by atoms with Crippen LogP contribution in [0.15, 0.2) is 114 Å². The molecule has 0 saturated carbocycles. The Balaban J connectivity index is 1.35. The molecule has 3 heterocycles. The van der Waals surface area contributed by atoms with E-state index in [0.29, 0.717) is 5.76 Å². The van der Waals surface area contributed by atoms with Gasteiger partial charge in [0.15, 0.2) is 5.76 Å². The average molecular weight is 556 g/mol. The third-order valence-electron chi connectivity index (χ3n) is 7.60. The van der Waals surface area contributed by atoms with Crippen LogP contribution in [-0.4, -0.2) is 29.8 Å². The van der Waals surface area contributed by atoms with Crippen molar-refractivity contribution in [1.29, 1.82) is 0 Å². The summed E-state index contributed by atoms with van der Waals surface area (Å²) in [6.45, 7) is 0. The van der Waals surface area contributed by atoms with E-state index in [1.807, 2.05) is 66.7 Å². The second-order valence-corrected chi connectivity index (χ2v) is 10.1. The van der Waals surface area contributed by atoms with Crippen LogP contribution < -0.4 is 15.1 Å². The van der Waals surface area contributed by atoms with Gasteiger partial charge in [-0.1, -0.05) is 48.5 Å². The van der Waals surface area contributed by atoms with Crippen molar-refractivity contribution in [2.75, 3.05) is 12.0 Å². The number of para-hydroxylation sites is 2. The zero-order valence-electron chi connectivity index (χ0n) is 22.6. The van der Waals surface area contributed by atoms with E-state index in [1.54, 1.807) is 19.2 Å². The first-order valence-electron chi connectivity index (χ1n) is 13.5. The molecule has 8 heteroatoms. The molecule has 2 aliphatic rings. The van der Waals surface area contributed by atoms with E-state index in [1.165, 1.54) is 0 Å². The number of ether oxygens (including phenoxy) is 1. The van der Waals surface area contributed by atoms with Crippen LogP contribution in [0.3, 0.4) is 0 Å². The summed E-state index contributed by atoms with van der Waals surface area (Å²) < 4.78 is 11.8. The molecule has 42 heavy (non-hydrogen) atoms. The zero-order valence-corrected chi connectivity index (χ0v) is 22.6. The number of carbonyl (C=O) groups is 3. The standard InChI is InChI=1S/C34H25N3O5/c1-41-25-16-12-21(13-17-25)27-19-29(31-18-23-6-2-5-9-30(23)42-31)36(28-8-4-3-7-26(27)28)24-14-10-22(11-15-24)34(40)37-33(39)20-32(38)35-37/h2-19,27H,20H2,1H3,(H,35,38). The fourth-order valence-electron chi connectivity index (χ4n) is 5.56. The maximum absolute atomic E-state index is 13.0. The predicted molar refractivity (Wildman–Crippen MR) is 158 cm³/mol. The van der Waals surface area contributed by atoms with E-state index in [0.717, 1.165) is 49.9 Å². The quantitative estimate of drug-likeness (QED) is 0.206. The van der Waals surface area contributed by atoms with Gasteiger partial charge in [0, 0.05) is 22.6 Å². The fourth-order valence-corrected chi connectivity index (χ4v) is 5.56. The molecule has 8 nitrogen and oxygen atoms in total. The van der Waals surface area contributed by atoms with Crippen LogP contribution in [0.4, 0.5) is 11.4 Å². The molecule has 1 unspecified atom stereocenters. The molecule has 0 aliphatic carbocycles. The van der Waals surface area contributed by atoms with Crippen molar-refractivity contribution in [3.63, 3.8) is 0 Å². The number of methoxy groups -OCH3 is 1. The molecule has 5 aromatic rings. The number of hydrogen-bond acceptors (Lipinski definition) is 6. The number of imide groups is 1. The minimum atomic E-state index is -0.580. The lowest BCUT2D eigenvalue weighted by Gasteiger charge is -2.35. The number of amides is 3. The van der Waals surface area contributed by atoms with Crippen molar-refractivity contribution in [2.24, 2.45) is 0 Å². The Labute approximate surface area is 241 Å². The average Bonchev–Trinajstić information content (AvgIpc) is 3.62. The summed E-state index contributed by atoms with van der Waals surface area (Å²) in [6.07, 6.45) is 1.86. The van der Waals surface area contributed by atoms with Crippen molar-refractivity contribution in [3.8, 4) is 5.75 Å². The highest BCUT2D eigenvalue weighted by atomic mass is 16.5. The maximum Gasteiger partial charge on any atom is 0.279 e. The van der Waals surface area contributed by atoms with Gasteiger partial charge in [-0.15, -0.1) is 0 Å². The SMILES string of the molecule is COc1ccc(C2C=C(c3cc4ccccc4o3)N(c3ccc(C(=O)N4NC(=O)CC4=O)cc3)c3ccccc32)cc1. The topological polar surface area (TPSA) is 92.1 Å². The lowest BCUT2D eigenvalue weighted by Crippen LogP contribution is -2.41. The largest absolute Gasteiger partial charge is 0.497 e. The Bertz CT molecular complexity index is 1860. The van der Waals surface area contributed by atoms with Gasteiger partial charge in [-0.25, -0.2) is 0 Å². The van der Waals surface area contributed by atoms with E-state index >= 15 is 0 Å². The smallest absolute Gasteiger partial charge is 0.279 e. The second-order valence-electron chi connectivity index (χ2n) is 10.1. The van der Waals surface area contributed by atoms with Gasteiger partial charge in [-0.3, -0.25) is 19.8 Å². The number of rotatable bonds is 5. The van der Waals surface area contributed by atoms with Crippen molar-refractivity contribution in [1.82, 2.24) is 10.4 Å². The molecule has 1 N–H and O–H groups in total. The third kappa shape index (κ3) is 4.30. The molecule has 0 radical (unpaired) electrons. The Hall–Kier alpha value is -5.63. The van der Waals surface area contributed by atoms with Crippen LogP contribution in [0, 0.1) is 0 Å². The van der Waals surface area contributed by atoms with Crippen LogP contribution in [0.25, 0.3) is 16.7 Å². The van der Waals surface area contributed by atoms with Crippen molar-refractivity contribution in [3.05, 3.63) is 132 Å². The maximum atomic E-state index is 13.0. The number of nitrogens with one attached hydrogen (secondary N) is 1. The number of nitrogens with zero attached hydrogens (tertiary/aromatic N) is 2. The first kappa shape index (κ1) is 25.3. The van der Waals surface area contributed by atoms with Gasteiger partial charge in [0.1, 0.15) is 17.8 Å². The molecule has 1 atom stereocenters. The monoisotopic (exact) mass is 555 g/mol.